The molecule has 14 nitrogen and oxygen atoms in total. The van der Waals surface area contributed by atoms with Crippen molar-refractivity contribution in [3.8, 4) is 0 Å². The summed E-state index contributed by atoms with van der Waals surface area (Å²) in [5.74, 6) is -4.23. The summed E-state index contributed by atoms with van der Waals surface area (Å²) in [4.78, 5) is 65.4. The number of carboxylic acids is 1. The van der Waals surface area contributed by atoms with Gasteiger partial charge in [0.2, 0.25) is 23.6 Å². The molecule has 0 aliphatic rings. The molecule has 14 heteroatoms. The fourth-order valence-electron chi connectivity index (χ4n) is 3.34. The van der Waals surface area contributed by atoms with Crippen molar-refractivity contribution in [3.63, 3.8) is 0 Å². The number of nitrogens with one attached hydrogen (secondary N) is 3. The molecule has 12 N–H and O–H groups in total. The molecule has 0 aliphatic heterocycles. The van der Waals surface area contributed by atoms with Crippen molar-refractivity contribution >= 4 is 35.6 Å². The van der Waals surface area contributed by atoms with E-state index in [9.17, 15) is 29.1 Å². The van der Waals surface area contributed by atoms with Crippen molar-refractivity contribution in [1.29, 1.82) is 0 Å². The largest absolute Gasteiger partial charge is 0.480 e. The molecule has 4 amide bonds. The molecule has 212 valence electrons. The third-order valence-electron chi connectivity index (χ3n) is 5.77. The van der Waals surface area contributed by atoms with Crippen LogP contribution in [0.25, 0.3) is 0 Å². The first kappa shape index (κ1) is 33.6. The van der Waals surface area contributed by atoms with Crippen molar-refractivity contribution in [2.24, 2.45) is 39.8 Å². The summed E-state index contributed by atoms with van der Waals surface area (Å²) in [6, 6.07) is -4.37. The van der Waals surface area contributed by atoms with Gasteiger partial charge in [0.15, 0.2) is 5.96 Å². The number of nitrogens with two attached hydrogens (primary N) is 4. The molecule has 0 aromatic heterocycles. The van der Waals surface area contributed by atoms with Crippen LogP contribution >= 0.6 is 0 Å². The van der Waals surface area contributed by atoms with E-state index >= 15 is 0 Å². The Morgan fingerprint density at radius 3 is 1.86 bits per heavy atom. The highest BCUT2D eigenvalue weighted by Gasteiger charge is 2.31. The zero-order chi connectivity index (χ0) is 28.7. The van der Waals surface area contributed by atoms with E-state index in [-0.39, 0.29) is 50.0 Å². The Kier molecular flexibility index (Phi) is 15.5. The minimum absolute atomic E-state index is 0.0429. The molecular formula is C23H44N8O6. The first-order chi connectivity index (χ1) is 17.2. The van der Waals surface area contributed by atoms with Crippen LogP contribution in [0.5, 0.6) is 0 Å². The number of rotatable bonds is 18. The maximum absolute atomic E-state index is 13.1. The number of amides is 4. The van der Waals surface area contributed by atoms with E-state index in [1.807, 2.05) is 20.8 Å². The number of nitrogens with zero attached hydrogens (tertiary/aromatic N) is 1. The molecule has 0 radical (unpaired) electrons. The monoisotopic (exact) mass is 528 g/mol. The van der Waals surface area contributed by atoms with Crippen LogP contribution in [-0.2, 0) is 24.0 Å². The molecule has 0 saturated carbocycles. The number of guanidine groups is 1. The standard InChI is InChI=1S/C23H44N8O6/c1-5-13(4)18(25)21(35)29-14(8-9-17(24)32)19(33)31-16(11-12(2)3)20(34)30-15(22(36)37)7-6-10-28-23(26)27/h12-16,18H,5-11,25H2,1-4H3,(H2,24,32)(H,29,35)(H,30,34)(H,31,33)(H,36,37)(H4,26,27,28). The predicted molar refractivity (Wildman–Crippen MR) is 139 cm³/mol. The average Bonchev–Trinajstić information content (AvgIpc) is 2.80. The van der Waals surface area contributed by atoms with E-state index < -0.39 is 53.8 Å². The van der Waals surface area contributed by atoms with E-state index in [2.05, 4.69) is 20.9 Å². The molecule has 5 atom stereocenters. The summed E-state index contributed by atoms with van der Waals surface area (Å²) in [7, 11) is 0. The predicted octanol–water partition coefficient (Wildman–Crippen LogP) is -1.74. The van der Waals surface area contributed by atoms with E-state index in [1.165, 1.54) is 0 Å². The Morgan fingerprint density at radius 2 is 1.38 bits per heavy atom. The molecule has 37 heavy (non-hydrogen) atoms. The van der Waals surface area contributed by atoms with Gasteiger partial charge in [-0.25, -0.2) is 4.79 Å². The molecule has 5 unspecified atom stereocenters. The van der Waals surface area contributed by atoms with E-state index in [0.717, 1.165) is 0 Å². The van der Waals surface area contributed by atoms with Gasteiger partial charge in [0, 0.05) is 13.0 Å². The number of aliphatic imine (C=N–C) groups is 1. The van der Waals surface area contributed by atoms with Crippen LogP contribution < -0.4 is 38.9 Å². The fraction of sp³-hybridized carbons (Fsp3) is 0.739. The molecule has 0 bridgehead atoms. The number of hydrogen-bond acceptors (Lipinski definition) is 7. The Hall–Kier alpha value is -3.42. The lowest BCUT2D eigenvalue weighted by atomic mass is 9.98. The lowest BCUT2D eigenvalue weighted by molar-refractivity contribution is -0.142. The third-order valence-corrected chi connectivity index (χ3v) is 5.77. The summed E-state index contributed by atoms with van der Waals surface area (Å²) in [6.45, 7) is 7.51. The third kappa shape index (κ3) is 14.0. The van der Waals surface area contributed by atoms with Gasteiger partial charge in [-0.1, -0.05) is 34.1 Å². The topological polar surface area (TPSA) is 258 Å². The van der Waals surface area contributed by atoms with E-state index in [1.54, 1.807) is 6.92 Å². The Balaban J connectivity index is 5.57. The Bertz CT molecular complexity index is 815. The molecule has 0 spiro atoms. The first-order valence-corrected chi connectivity index (χ1v) is 12.4. The number of carboxylic acid groups (broad SMARTS) is 1. The lowest BCUT2D eigenvalue weighted by Gasteiger charge is -2.26. The second-order valence-corrected chi connectivity index (χ2v) is 9.52. The van der Waals surface area contributed by atoms with Crippen LogP contribution in [0.3, 0.4) is 0 Å². The summed E-state index contributed by atoms with van der Waals surface area (Å²) in [5, 5.41) is 17.1. The molecule has 0 aromatic rings. The number of carbonyl (C=O) groups excluding carboxylic acids is 4. The normalized spacial score (nSPS) is 15.0. The van der Waals surface area contributed by atoms with Crippen LogP contribution in [0, 0.1) is 11.8 Å². The van der Waals surface area contributed by atoms with Gasteiger partial charge in [-0.2, -0.15) is 0 Å². The number of aliphatic carboxylic acids is 1. The quantitative estimate of drug-likeness (QED) is 0.0569. The molecule has 0 saturated heterocycles. The number of primary amides is 1. The van der Waals surface area contributed by atoms with Gasteiger partial charge >= 0.3 is 5.97 Å². The minimum Gasteiger partial charge on any atom is -0.480 e. The van der Waals surface area contributed by atoms with Crippen molar-refractivity contribution in [1.82, 2.24) is 16.0 Å². The summed E-state index contributed by atoms with van der Waals surface area (Å²) >= 11 is 0. The van der Waals surface area contributed by atoms with Crippen molar-refractivity contribution in [2.45, 2.75) is 90.4 Å². The van der Waals surface area contributed by atoms with Crippen LogP contribution in [0.15, 0.2) is 4.99 Å². The summed E-state index contributed by atoms with van der Waals surface area (Å²) in [5.41, 5.74) is 21.7. The summed E-state index contributed by atoms with van der Waals surface area (Å²) < 4.78 is 0. The highest BCUT2D eigenvalue weighted by atomic mass is 16.4. The summed E-state index contributed by atoms with van der Waals surface area (Å²) in [6.07, 6.45) is 0.910. The molecule has 0 heterocycles. The van der Waals surface area contributed by atoms with Crippen LogP contribution in [0.2, 0.25) is 0 Å². The maximum atomic E-state index is 13.1. The van der Waals surface area contributed by atoms with Gasteiger partial charge in [-0.05, 0) is 37.5 Å². The maximum Gasteiger partial charge on any atom is 0.326 e. The second kappa shape index (κ2) is 17.1. The van der Waals surface area contributed by atoms with Crippen molar-refractivity contribution in [3.05, 3.63) is 0 Å². The first-order valence-electron chi connectivity index (χ1n) is 12.4. The van der Waals surface area contributed by atoms with Crippen molar-refractivity contribution < 1.29 is 29.1 Å². The van der Waals surface area contributed by atoms with Crippen LogP contribution in [-0.4, -0.2) is 71.4 Å². The second-order valence-electron chi connectivity index (χ2n) is 9.52. The highest BCUT2D eigenvalue weighted by molar-refractivity contribution is 5.94. The fourth-order valence-corrected chi connectivity index (χ4v) is 3.34. The van der Waals surface area contributed by atoms with E-state index in [4.69, 9.17) is 22.9 Å². The van der Waals surface area contributed by atoms with Gasteiger partial charge in [-0.3, -0.25) is 24.2 Å². The molecule has 0 aliphatic carbocycles. The van der Waals surface area contributed by atoms with Crippen LogP contribution in [0.4, 0.5) is 0 Å². The number of hydrogen-bond donors (Lipinski definition) is 8. The van der Waals surface area contributed by atoms with E-state index in [0.29, 0.717) is 12.8 Å². The zero-order valence-electron chi connectivity index (χ0n) is 22.2. The van der Waals surface area contributed by atoms with Gasteiger partial charge in [0.05, 0.1) is 6.04 Å². The molecule has 0 fully saturated rings. The van der Waals surface area contributed by atoms with Gasteiger partial charge in [0.1, 0.15) is 18.1 Å². The Labute approximate surface area is 217 Å². The van der Waals surface area contributed by atoms with Gasteiger partial charge in [0.25, 0.3) is 0 Å². The average molecular weight is 529 g/mol. The molecule has 0 rings (SSSR count). The Morgan fingerprint density at radius 1 is 0.838 bits per heavy atom. The smallest absolute Gasteiger partial charge is 0.326 e. The van der Waals surface area contributed by atoms with Crippen LogP contribution in [0.1, 0.15) is 66.2 Å². The van der Waals surface area contributed by atoms with Crippen molar-refractivity contribution in [2.75, 3.05) is 6.54 Å². The number of carbonyl (C=O) groups is 5. The van der Waals surface area contributed by atoms with Gasteiger partial charge in [-0.15, -0.1) is 0 Å². The minimum atomic E-state index is -1.25. The highest BCUT2D eigenvalue weighted by Crippen LogP contribution is 2.10. The van der Waals surface area contributed by atoms with Gasteiger partial charge < -0.3 is 44.0 Å². The molecular weight excluding hydrogens is 484 g/mol. The zero-order valence-corrected chi connectivity index (χ0v) is 22.2. The molecule has 0 aromatic carbocycles. The lowest BCUT2D eigenvalue weighted by Crippen LogP contribution is -2.58. The SMILES string of the molecule is CCC(C)C(N)C(=O)NC(CCC(N)=O)C(=O)NC(CC(C)C)C(=O)NC(CCCN=C(N)N)C(=O)O.